The Kier molecular flexibility index (Phi) is 3.25. The fourth-order valence-corrected chi connectivity index (χ4v) is 1.83. The number of carboxylic acids is 1. The molecule has 1 atom stereocenters. The van der Waals surface area contributed by atoms with E-state index in [-0.39, 0.29) is 18.4 Å². The molecule has 1 aromatic rings. The molecule has 19 heavy (non-hydrogen) atoms. The van der Waals surface area contributed by atoms with Gasteiger partial charge in [0, 0.05) is 19.3 Å². The highest BCUT2D eigenvalue weighted by molar-refractivity contribution is 6.21. The number of carbonyl (C=O) groups excluding carboxylic acids is 2. The lowest BCUT2D eigenvalue weighted by atomic mass is 10.1. The molecular weight excluding hydrogens is 248 g/mol. The third-order valence-electron chi connectivity index (χ3n) is 3.12. The van der Waals surface area contributed by atoms with Crippen molar-refractivity contribution in [2.45, 2.75) is 6.92 Å². The molecular formula is C13H14N2O4. The van der Waals surface area contributed by atoms with Gasteiger partial charge in [0.2, 0.25) is 0 Å². The van der Waals surface area contributed by atoms with Gasteiger partial charge in [0.05, 0.1) is 17.0 Å². The van der Waals surface area contributed by atoms with Crippen molar-refractivity contribution in [2.75, 3.05) is 18.9 Å². The minimum Gasteiger partial charge on any atom is -0.481 e. The number of imide groups is 1. The molecule has 0 saturated carbocycles. The molecule has 0 fully saturated rings. The number of nitrogens with zero attached hydrogens (tertiary/aromatic N) is 1. The van der Waals surface area contributed by atoms with Crippen LogP contribution in [0.5, 0.6) is 0 Å². The van der Waals surface area contributed by atoms with Gasteiger partial charge in [-0.3, -0.25) is 19.3 Å². The molecule has 1 aliphatic heterocycles. The number of anilines is 1. The van der Waals surface area contributed by atoms with E-state index >= 15 is 0 Å². The molecule has 0 aromatic heterocycles. The summed E-state index contributed by atoms with van der Waals surface area (Å²) in [7, 11) is 1.43. The van der Waals surface area contributed by atoms with Crippen LogP contribution in [0, 0.1) is 5.92 Å². The number of hydrogen-bond donors (Lipinski definition) is 2. The zero-order chi connectivity index (χ0) is 14.2. The molecule has 100 valence electrons. The number of nitrogens with one attached hydrogen (secondary N) is 1. The van der Waals surface area contributed by atoms with Crippen LogP contribution < -0.4 is 5.32 Å². The first kappa shape index (κ1) is 13.1. The number of carboxylic acid groups (broad SMARTS) is 1. The zero-order valence-corrected chi connectivity index (χ0v) is 10.6. The van der Waals surface area contributed by atoms with Crippen LogP contribution in [0.1, 0.15) is 27.6 Å². The van der Waals surface area contributed by atoms with Gasteiger partial charge < -0.3 is 10.4 Å². The summed E-state index contributed by atoms with van der Waals surface area (Å²) in [5, 5.41) is 11.7. The largest absolute Gasteiger partial charge is 0.481 e. The molecule has 2 amide bonds. The summed E-state index contributed by atoms with van der Waals surface area (Å²) in [5.74, 6) is -2.08. The fourth-order valence-electron chi connectivity index (χ4n) is 1.83. The molecule has 6 nitrogen and oxygen atoms in total. The van der Waals surface area contributed by atoms with Gasteiger partial charge in [-0.05, 0) is 18.2 Å². The van der Waals surface area contributed by atoms with Crippen LogP contribution in [0.3, 0.4) is 0 Å². The second-order valence-corrected chi connectivity index (χ2v) is 4.55. The van der Waals surface area contributed by atoms with E-state index in [4.69, 9.17) is 5.11 Å². The van der Waals surface area contributed by atoms with Crippen LogP contribution >= 0.6 is 0 Å². The van der Waals surface area contributed by atoms with E-state index in [1.54, 1.807) is 25.1 Å². The van der Waals surface area contributed by atoms with E-state index in [9.17, 15) is 14.4 Å². The van der Waals surface area contributed by atoms with Gasteiger partial charge in [-0.15, -0.1) is 0 Å². The fraction of sp³-hybridized carbons (Fsp3) is 0.308. The van der Waals surface area contributed by atoms with Gasteiger partial charge in [0.1, 0.15) is 0 Å². The molecule has 0 spiro atoms. The monoisotopic (exact) mass is 262 g/mol. The number of aliphatic carboxylic acids is 1. The van der Waals surface area contributed by atoms with Crippen molar-refractivity contribution < 1.29 is 19.5 Å². The van der Waals surface area contributed by atoms with Crippen molar-refractivity contribution in [3.05, 3.63) is 29.3 Å². The van der Waals surface area contributed by atoms with Crippen LogP contribution in [0.2, 0.25) is 0 Å². The van der Waals surface area contributed by atoms with Crippen LogP contribution in [-0.2, 0) is 4.79 Å². The summed E-state index contributed by atoms with van der Waals surface area (Å²) >= 11 is 0. The third kappa shape index (κ3) is 2.29. The topological polar surface area (TPSA) is 86.7 Å². The van der Waals surface area contributed by atoms with Crippen LogP contribution in [0.15, 0.2) is 18.2 Å². The number of amides is 2. The summed E-state index contributed by atoms with van der Waals surface area (Å²) in [6.45, 7) is 1.84. The molecule has 1 aliphatic rings. The quantitative estimate of drug-likeness (QED) is 0.792. The highest BCUT2D eigenvalue weighted by Gasteiger charge is 2.32. The first-order valence-electron chi connectivity index (χ1n) is 5.85. The Morgan fingerprint density at radius 3 is 2.58 bits per heavy atom. The third-order valence-corrected chi connectivity index (χ3v) is 3.12. The molecule has 0 bridgehead atoms. The molecule has 0 radical (unpaired) electrons. The van der Waals surface area contributed by atoms with Crippen molar-refractivity contribution in [1.82, 2.24) is 4.90 Å². The second kappa shape index (κ2) is 4.72. The summed E-state index contributed by atoms with van der Waals surface area (Å²) in [6, 6.07) is 4.82. The van der Waals surface area contributed by atoms with Gasteiger partial charge in [0.15, 0.2) is 0 Å². The van der Waals surface area contributed by atoms with Crippen molar-refractivity contribution in [3.63, 3.8) is 0 Å². The lowest BCUT2D eigenvalue weighted by molar-refractivity contribution is -0.140. The average Bonchev–Trinajstić information content (AvgIpc) is 2.61. The highest BCUT2D eigenvalue weighted by atomic mass is 16.4. The molecule has 2 rings (SSSR count). The molecule has 0 aliphatic carbocycles. The summed E-state index contributed by atoms with van der Waals surface area (Å²) in [4.78, 5) is 35.2. The van der Waals surface area contributed by atoms with Gasteiger partial charge in [-0.1, -0.05) is 6.92 Å². The summed E-state index contributed by atoms with van der Waals surface area (Å²) in [6.07, 6.45) is 0. The molecule has 6 heteroatoms. The van der Waals surface area contributed by atoms with Gasteiger partial charge in [0.25, 0.3) is 11.8 Å². The van der Waals surface area contributed by atoms with Gasteiger partial charge in [-0.2, -0.15) is 0 Å². The smallest absolute Gasteiger partial charge is 0.308 e. The summed E-state index contributed by atoms with van der Waals surface area (Å²) in [5.41, 5.74) is 1.35. The maximum atomic E-state index is 11.8. The first-order valence-corrected chi connectivity index (χ1v) is 5.85. The van der Waals surface area contributed by atoms with Gasteiger partial charge >= 0.3 is 5.97 Å². The number of carbonyl (C=O) groups is 3. The number of fused-ring (bicyclic) bond motifs is 1. The van der Waals surface area contributed by atoms with E-state index in [1.807, 2.05) is 0 Å². The molecule has 0 saturated heterocycles. The first-order chi connectivity index (χ1) is 8.91. The molecule has 1 unspecified atom stereocenters. The second-order valence-electron chi connectivity index (χ2n) is 4.55. The molecule has 1 aromatic carbocycles. The molecule has 1 heterocycles. The average molecular weight is 262 g/mol. The van der Waals surface area contributed by atoms with Crippen molar-refractivity contribution in [1.29, 1.82) is 0 Å². The minimum atomic E-state index is -0.889. The van der Waals surface area contributed by atoms with Gasteiger partial charge in [-0.25, -0.2) is 0 Å². The number of benzene rings is 1. The number of rotatable bonds is 4. The van der Waals surface area contributed by atoms with E-state index in [2.05, 4.69) is 5.32 Å². The van der Waals surface area contributed by atoms with Crippen molar-refractivity contribution in [3.8, 4) is 0 Å². The van der Waals surface area contributed by atoms with E-state index < -0.39 is 11.9 Å². The predicted molar refractivity (Wildman–Crippen MR) is 68.2 cm³/mol. The maximum absolute atomic E-state index is 11.8. The Hall–Kier alpha value is -2.37. The van der Waals surface area contributed by atoms with E-state index in [0.717, 1.165) is 4.90 Å². The highest BCUT2D eigenvalue weighted by Crippen LogP contribution is 2.24. The lowest BCUT2D eigenvalue weighted by Crippen LogP contribution is -2.24. The Balaban J connectivity index is 2.17. The number of hydrogen-bond acceptors (Lipinski definition) is 4. The molecule has 2 N–H and O–H groups in total. The lowest BCUT2D eigenvalue weighted by Gasteiger charge is -2.10. The normalized spacial score (nSPS) is 15.4. The summed E-state index contributed by atoms with van der Waals surface area (Å²) < 4.78 is 0. The van der Waals surface area contributed by atoms with E-state index in [0.29, 0.717) is 16.8 Å². The standard InChI is InChI=1S/C13H14N2O4/c1-7(13(18)19)6-14-8-3-4-9-10(5-8)12(17)15(2)11(9)16/h3-5,7,14H,6H2,1-2H3,(H,18,19). The Morgan fingerprint density at radius 1 is 1.32 bits per heavy atom. The Labute approximate surface area is 110 Å². The van der Waals surface area contributed by atoms with Crippen molar-refractivity contribution in [2.24, 2.45) is 5.92 Å². The van der Waals surface area contributed by atoms with Crippen LogP contribution in [0.25, 0.3) is 0 Å². The van der Waals surface area contributed by atoms with E-state index in [1.165, 1.54) is 7.05 Å². The Bertz CT molecular complexity index is 568. The van der Waals surface area contributed by atoms with Crippen molar-refractivity contribution >= 4 is 23.5 Å². The maximum Gasteiger partial charge on any atom is 0.308 e. The Morgan fingerprint density at radius 2 is 1.95 bits per heavy atom. The zero-order valence-electron chi connectivity index (χ0n) is 10.6. The predicted octanol–water partition coefficient (Wildman–Crippen LogP) is 1.04. The SMILES string of the molecule is CC(CNc1ccc2c(c1)C(=O)N(C)C2=O)C(=O)O. The van der Waals surface area contributed by atoms with Crippen LogP contribution in [-0.4, -0.2) is 41.4 Å². The van der Waals surface area contributed by atoms with Crippen LogP contribution in [0.4, 0.5) is 5.69 Å². The minimum absolute atomic E-state index is 0.256.